The van der Waals surface area contributed by atoms with Crippen molar-refractivity contribution in [2.75, 3.05) is 18.0 Å². The number of hydrogen-bond donors (Lipinski definition) is 2. The number of phenolic OH excluding ortho intramolecular Hbond substituents is 1. The molecule has 0 aromatic heterocycles. The van der Waals surface area contributed by atoms with Crippen LogP contribution in [-0.4, -0.2) is 30.0 Å². The molecule has 1 atom stereocenters. The monoisotopic (exact) mass is 388 g/mol. The number of hydrogen-bond acceptors (Lipinski definition) is 5. The molecule has 0 aliphatic carbocycles. The Morgan fingerprint density at radius 2 is 2.00 bits per heavy atom. The van der Waals surface area contributed by atoms with Crippen molar-refractivity contribution in [1.29, 1.82) is 0 Å². The SMILES string of the molecule is Cc1c([C@@H](C)NC2=NC3=NCCN3c3ccc(O)cc32)cccc1C(F)(F)F. The first kappa shape index (κ1) is 18.3. The minimum atomic E-state index is -4.40. The Morgan fingerprint density at radius 1 is 1.21 bits per heavy atom. The standard InChI is InChI=1S/C20H19F3N4O/c1-11-14(4-3-5-16(11)20(21,22)23)12(2)25-18-15-10-13(28)6-7-17(15)27-9-8-24-19(27)26-18/h3-7,10,12,28H,8-9H2,1-2H3,(H,24,25,26)/t12-/m1/s1. The minimum absolute atomic E-state index is 0.0933. The molecule has 2 N–H and O–H groups in total. The van der Waals surface area contributed by atoms with Gasteiger partial charge in [-0.05, 0) is 49.2 Å². The topological polar surface area (TPSA) is 60.2 Å². The third kappa shape index (κ3) is 3.08. The zero-order valence-corrected chi connectivity index (χ0v) is 15.4. The molecule has 8 heteroatoms. The van der Waals surface area contributed by atoms with E-state index in [1.54, 1.807) is 31.2 Å². The second-order valence-corrected chi connectivity index (χ2v) is 6.88. The Balaban J connectivity index is 1.71. The summed E-state index contributed by atoms with van der Waals surface area (Å²) >= 11 is 0. The smallest absolute Gasteiger partial charge is 0.416 e. The fraction of sp³-hybridized carbons (Fsp3) is 0.300. The third-order valence-corrected chi connectivity index (χ3v) is 5.06. The van der Waals surface area contributed by atoms with E-state index in [0.717, 1.165) is 11.8 Å². The maximum atomic E-state index is 13.2. The molecule has 2 aromatic rings. The quantitative estimate of drug-likeness (QED) is 0.817. The van der Waals surface area contributed by atoms with E-state index in [4.69, 9.17) is 0 Å². The summed E-state index contributed by atoms with van der Waals surface area (Å²) < 4.78 is 39.7. The fourth-order valence-corrected chi connectivity index (χ4v) is 3.69. The van der Waals surface area contributed by atoms with Crippen LogP contribution in [0.5, 0.6) is 5.75 Å². The molecular formula is C20H19F3N4O. The molecule has 2 heterocycles. The van der Waals surface area contributed by atoms with Gasteiger partial charge in [0.1, 0.15) is 11.6 Å². The summed E-state index contributed by atoms with van der Waals surface area (Å²) in [6, 6.07) is 8.73. The van der Waals surface area contributed by atoms with Crippen LogP contribution in [-0.2, 0) is 6.18 Å². The number of rotatable bonds is 2. The van der Waals surface area contributed by atoms with Crippen LogP contribution in [0.25, 0.3) is 0 Å². The molecule has 0 unspecified atom stereocenters. The summed E-state index contributed by atoms with van der Waals surface area (Å²) in [5.41, 5.74) is 1.63. The Bertz CT molecular complexity index is 997. The molecule has 0 amide bonds. The van der Waals surface area contributed by atoms with Crippen molar-refractivity contribution in [3.8, 4) is 5.75 Å². The molecule has 0 radical (unpaired) electrons. The number of fused-ring (bicyclic) bond motifs is 3. The number of phenols is 1. The molecule has 5 nitrogen and oxygen atoms in total. The predicted molar refractivity (Wildman–Crippen MR) is 102 cm³/mol. The van der Waals surface area contributed by atoms with E-state index < -0.39 is 17.8 Å². The van der Waals surface area contributed by atoms with Crippen LogP contribution >= 0.6 is 0 Å². The second-order valence-electron chi connectivity index (χ2n) is 6.88. The lowest BCUT2D eigenvalue weighted by molar-refractivity contribution is -0.138. The summed E-state index contributed by atoms with van der Waals surface area (Å²) in [6.07, 6.45) is -4.40. The molecular weight excluding hydrogens is 369 g/mol. The molecule has 0 spiro atoms. The Hall–Kier alpha value is -3.03. The number of amidine groups is 1. The van der Waals surface area contributed by atoms with Gasteiger partial charge in [0.25, 0.3) is 0 Å². The zero-order chi connectivity index (χ0) is 20.1. The maximum Gasteiger partial charge on any atom is 0.416 e. The molecule has 0 bridgehead atoms. The highest BCUT2D eigenvalue weighted by molar-refractivity contribution is 6.18. The van der Waals surface area contributed by atoms with Gasteiger partial charge in [0.15, 0.2) is 0 Å². The number of alkyl halides is 3. The summed E-state index contributed by atoms with van der Waals surface area (Å²) in [5.74, 6) is 1.14. The Labute approximate surface area is 160 Å². The van der Waals surface area contributed by atoms with Gasteiger partial charge < -0.3 is 15.3 Å². The number of aliphatic imine (C=N–C) groups is 2. The molecule has 2 aliphatic rings. The van der Waals surface area contributed by atoms with Crippen molar-refractivity contribution < 1.29 is 18.3 Å². The van der Waals surface area contributed by atoms with Gasteiger partial charge in [0.2, 0.25) is 5.96 Å². The summed E-state index contributed by atoms with van der Waals surface area (Å²) in [4.78, 5) is 10.9. The maximum absolute atomic E-state index is 13.2. The molecule has 2 aromatic carbocycles. The van der Waals surface area contributed by atoms with Gasteiger partial charge in [-0.2, -0.15) is 18.2 Å². The highest BCUT2D eigenvalue weighted by Crippen LogP contribution is 2.35. The number of guanidine groups is 1. The first-order chi connectivity index (χ1) is 13.3. The Morgan fingerprint density at radius 3 is 2.75 bits per heavy atom. The molecule has 0 saturated carbocycles. The van der Waals surface area contributed by atoms with Crippen LogP contribution in [0.4, 0.5) is 18.9 Å². The number of benzene rings is 2. The molecule has 4 rings (SSSR count). The average Bonchev–Trinajstić information content (AvgIpc) is 3.09. The van der Waals surface area contributed by atoms with Gasteiger partial charge in [0.05, 0.1) is 23.8 Å². The van der Waals surface area contributed by atoms with E-state index in [-0.39, 0.29) is 11.3 Å². The largest absolute Gasteiger partial charge is 0.508 e. The second kappa shape index (κ2) is 6.54. The number of aromatic hydroxyl groups is 1. The lowest BCUT2D eigenvalue weighted by atomic mass is 9.96. The van der Waals surface area contributed by atoms with Crippen LogP contribution in [0.1, 0.15) is 35.2 Å². The molecule has 0 saturated heterocycles. The van der Waals surface area contributed by atoms with Crippen molar-refractivity contribution >= 4 is 17.5 Å². The van der Waals surface area contributed by atoms with Crippen molar-refractivity contribution in [2.24, 2.45) is 9.98 Å². The van der Waals surface area contributed by atoms with Crippen molar-refractivity contribution in [1.82, 2.24) is 5.32 Å². The molecule has 146 valence electrons. The van der Waals surface area contributed by atoms with E-state index in [9.17, 15) is 18.3 Å². The lowest BCUT2D eigenvalue weighted by Crippen LogP contribution is -2.38. The van der Waals surface area contributed by atoms with E-state index in [0.29, 0.717) is 36.0 Å². The minimum Gasteiger partial charge on any atom is -0.508 e. The van der Waals surface area contributed by atoms with E-state index >= 15 is 0 Å². The fourth-order valence-electron chi connectivity index (χ4n) is 3.69. The van der Waals surface area contributed by atoms with Gasteiger partial charge in [-0.25, -0.2) is 4.99 Å². The molecule has 0 fully saturated rings. The summed E-state index contributed by atoms with van der Waals surface area (Å²) in [6.45, 7) is 4.58. The average molecular weight is 388 g/mol. The van der Waals surface area contributed by atoms with Gasteiger partial charge in [-0.3, -0.25) is 0 Å². The van der Waals surface area contributed by atoms with E-state index in [1.165, 1.54) is 13.0 Å². The normalized spacial score (nSPS) is 16.8. The van der Waals surface area contributed by atoms with Crippen molar-refractivity contribution in [3.63, 3.8) is 0 Å². The molecule has 2 aliphatic heterocycles. The van der Waals surface area contributed by atoms with Crippen LogP contribution in [0.3, 0.4) is 0 Å². The van der Waals surface area contributed by atoms with E-state index in [2.05, 4.69) is 15.3 Å². The van der Waals surface area contributed by atoms with Crippen molar-refractivity contribution in [3.05, 3.63) is 58.7 Å². The van der Waals surface area contributed by atoms with Gasteiger partial charge in [0, 0.05) is 12.1 Å². The van der Waals surface area contributed by atoms with Gasteiger partial charge >= 0.3 is 6.18 Å². The third-order valence-electron chi connectivity index (χ3n) is 5.06. The lowest BCUT2D eigenvalue weighted by Gasteiger charge is -2.29. The van der Waals surface area contributed by atoms with Crippen LogP contribution < -0.4 is 10.2 Å². The van der Waals surface area contributed by atoms with Gasteiger partial charge in [-0.15, -0.1) is 0 Å². The first-order valence-corrected chi connectivity index (χ1v) is 8.93. The number of anilines is 1. The first-order valence-electron chi connectivity index (χ1n) is 8.93. The predicted octanol–water partition coefficient (Wildman–Crippen LogP) is 4.01. The zero-order valence-electron chi connectivity index (χ0n) is 15.4. The van der Waals surface area contributed by atoms with Crippen molar-refractivity contribution in [2.45, 2.75) is 26.1 Å². The highest BCUT2D eigenvalue weighted by atomic mass is 19.4. The van der Waals surface area contributed by atoms with Gasteiger partial charge in [-0.1, -0.05) is 12.1 Å². The molecule has 28 heavy (non-hydrogen) atoms. The van der Waals surface area contributed by atoms with Crippen LogP contribution in [0.15, 0.2) is 46.4 Å². The summed E-state index contributed by atoms with van der Waals surface area (Å²) in [7, 11) is 0. The Kier molecular flexibility index (Phi) is 4.28. The van der Waals surface area contributed by atoms with E-state index in [1.807, 2.05) is 4.90 Å². The number of halogens is 3. The van der Waals surface area contributed by atoms with Crippen LogP contribution in [0.2, 0.25) is 0 Å². The van der Waals surface area contributed by atoms with Crippen LogP contribution in [0, 0.1) is 6.92 Å². The number of nitrogens with one attached hydrogen (secondary N) is 1. The number of nitrogens with zero attached hydrogens (tertiary/aromatic N) is 3. The summed E-state index contributed by atoms with van der Waals surface area (Å²) in [5, 5.41) is 13.1. The highest BCUT2D eigenvalue weighted by Gasteiger charge is 2.34.